The molecule has 2 N–H and O–H groups in total. The van der Waals surface area contributed by atoms with Crippen LogP contribution in [0.3, 0.4) is 0 Å². The van der Waals surface area contributed by atoms with E-state index in [9.17, 15) is 9.59 Å². The van der Waals surface area contributed by atoms with E-state index in [0.717, 1.165) is 6.54 Å². The molecule has 27 heavy (non-hydrogen) atoms. The van der Waals surface area contributed by atoms with Gasteiger partial charge in [-0.2, -0.15) is 0 Å². The van der Waals surface area contributed by atoms with E-state index in [-0.39, 0.29) is 11.8 Å². The van der Waals surface area contributed by atoms with E-state index >= 15 is 0 Å². The van der Waals surface area contributed by atoms with Crippen LogP contribution in [0, 0.1) is 0 Å². The second-order valence-corrected chi connectivity index (χ2v) is 6.16. The Morgan fingerprint density at radius 1 is 0.963 bits per heavy atom. The summed E-state index contributed by atoms with van der Waals surface area (Å²) in [4.78, 5) is 27.1. The van der Waals surface area contributed by atoms with Gasteiger partial charge in [0.05, 0.1) is 25.5 Å². The van der Waals surface area contributed by atoms with Crippen LogP contribution >= 0.6 is 0 Å². The largest absolute Gasteiger partial charge is 0.497 e. The van der Waals surface area contributed by atoms with Crippen molar-refractivity contribution >= 4 is 17.5 Å². The number of nitrogens with zero attached hydrogens (tertiary/aromatic N) is 1. The number of likely N-dealkylation sites (N-methyl/N-ethyl adjacent to an activating group) is 1. The Hall–Kier alpha value is -3.06. The molecule has 144 valence electrons. The average Bonchev–Trinajstić information content (AvgIpc) is 2.67. The number of anilines is 1. The fourth-order valence-corrected chi connectivity index (χ4v) is 2.41. The van der Waals surface area contributed by atoms with Crippen molar-refractivity contribution in [3.63, 3.8) is 0 Å². The predicted molar refractivity (Wildman–Crippen MR) is 105 cm³/mol. The van der Waals surface area contributed by atoms with Crippen LogP contribution < -0.4 is 20.1 Å². The average molecular weight is 371 g/mol. The number of hydrogen-bond donors (Lipinski definition) is 2. The molecular weight excluding hydrogens is 346 g/mol. The van der Waals surface area contributed by atoms with Crippen molar-refractivity contribution in [2.75, 3.05) is 46.7 Å². The molecule has 0 aliphatic carbocycles. The first-order chi connectivity index (χ1) is 12.9. The zero-order valence-corrected chi connectivity index (χ0v) is 16.0. The molecule has 0 spiro atoms. The molecule has 2 aromatic rings. The van der Waals surface area contributed by atoms with Crippen molar-refractivity contribution in [2.45, 2.75) is 0 Å². The Labute approximate surface area is 159 Å². The quantitative estimate of drug-likeness (QED) is 0.744. The van der Waals surface area contributed by atoms with E-state index < -0.39 is 0 Å². The Balaban J connectivity index is 2.18. The Morgan fingerprint density at radius 2 is 1.59 bits per heavy atom. The molecule has 0 radical (unpaired) electrons. The summed E-state index contributed by atoms with van der Waals surface area (Å²) in [5.74, 6) is 0.417. The summed E-state index contributed by atoms with van der Waals surface area (Å²) in [6, 6.07) is 11.8. The van der Waals surface area contributed by atoms with E-state index in [1.807, 2.05) is 19.0 Å². The highest BCUT2D eigenvalue weighted by atomic mass is 16.5. The minimum atomic E-state index is -0.360. The van der Waals surface area contributed by atoms with E-state index in [0.29, 0.717) is 34.9 Å². The number of ether oxygens (including phenoxy) is 2. The highest BCUT2D eigenvalue weighted by Gasteiger charge is 2.15. The zero-order valence-electron chi connectivity index (χ0n) is 16.0. The van der Waals surface area contributed by atoms with E-state index in [1.165, 1.54) is 14.2 Å². The molecule has 0 saturated heterocycles. The van der Waals surface area contributed by atoms with Gasteiger partial charge in [-0.1, -0.05) is 12.1 Å². The lowest BCUT2D eigenvalue weighted by Crippen LogP contribution is -2.32. The standard InChI is InChI=1S/C20H25N3O4/c1-23(2)10-9-21-20(25)17-7-5-6-8-18(17)22-19(24)14-11-15(26-3)13-16(12-14)27-4/h5-8,11-13H,9-10H2,1-4H3,(H,21,25)(H,22,24). The first-order valence-corrected chi connectivity index (χ1v) is 8.51. The van der Waals surface area contributed by atoms with Gasteiger partial charge in [-0.05, 0) is 38.4 Å². The lowest BCUT2D eigenvalue weighted by atomic mass is 10.1. The first-order valence-electron chi connectivity index (χ1n) is 8.51. The summed E-state index contributed by atoms with van der Waals surface area (Å²) in [6.07, 6.45) is 0. The van der Waals surface area contributed by atoms with Gasteiger partial charge in [-0.3, -0.25) is 9.59 Å². The molecule has 0 aliphatic heterocycles. The summed E-state index contributed by atoms with van der Waals surface area (Å²) in [6.45, 7) is 1.24. The van der Waals surface area contributed by atoms with Crippen LogP contribution in [-0.4, -0.2) is 58.1 Å². The van der Waals surface area contributed by atoms with Crippen molar-refractivity contribution in [3.8, 4) is 11.5 Å². The van der Waals surface area contributed by atoms with Crippen molar-refractivity contribution < 1.29 is 19.1 Å². The molecule has 0 unspecified atom stereocenters. The van der Waals surface area contributed by atoms with Gasteiger partial charge < -0.3 is 25.0 Å². The molecule has 7 nitrogen and oxygen atoms in total. The Bertz CT molecular complexity index is 783. The zero-order chi connectivity index (χ0) is 19.8. The fourth-order valence-electron chi connectivity index (χ4n) is 2.41. The summed E-state index contributed by atoms with van der Waals surface area (Å²) >= 11 is 0. The van der Waals surface area contributed by atoms with Crippen molar-refractivity contribution in [3.05, 3.63) is 53.6 Å². The van der Waals surface area contributed by atoms with E-state index in [2.05, 4.69) is 10.6 Å². The summed E-state index contributed by atoms with van der Waals surface area (Å²) < 4.78 is 10.4. The van der Waals surface area contributed by atoms with Gasteiger partial charge in [-0.15, -0.1) is 0 Å². The second kappa shape index (κ2) is 9.59. The summed E-state index contributed by atoms with van der Waals surface area (Å²) in [5.41, 5.74) is 1.21. The molecule has 2 aromatic carbocycles. The third-order valence-corrected chi connectivity index (χ3v) is 3.88. The molecule has 0 bridgehead atoms. The van der Waals surface area contributed by atoms with Crippen LogP contribution in [-0.2, 0) is 0 Å². The van der Waals surface area contributed by atoms with Gasteiger partial charge in [0.25, 0.3) is 11.8 Å². The van der Waals surface area contributed by atoms with Gasteiger partial charge in [-0.25, -0.2) is 0 Å². The van der Waals surface area contributed by atoms with E-state index in [1.54, 1.807) is 42.5 Å². The highest BCUT2D eigenvalue weighted by Crippen LogP contribution is 2.24. The second-order valence-electron chi connectivity index (χ2n) is 6.16. The number of amides is 2. The SMILES string of the molecule is COc1cc(OC)cc(C(=O)Nc2ccccc2C(=O)NCCN(C)C)c1. The van der Waals surface area contributed by atoms with Gasteiger partial charge in [0.15, 0.2) is 0 Å². The third-order valence-electron chi connectivity index (χ3n) is 3.88. The number of nitrogens with one attached hydrogen (secondary N) is 2. The molecule has 0 aliphatic rings. The predicted octanol–water partition coefficient (Wildman–Crippen LogP) is 2.25. The molecular formula is C20H25N3O4. The molecule has 0 saturated carbocycles. The minimum absolute atomic E-state index is 0.240. The summed E-state index contributed by atoms with van der Waals surface area (Å²) in [5, 5.41) is 5.64. The third kappa shape index (κ3) is 5.72. The van der Waals surface area contributed by atoms with Crippen LogP contribution in [0.1, 0.15) is 20.7 Å². The number of para-hydroxylation sites is 1. The Kier molecular flexibility index (Phi) is 7.19. The van der Waals surface area contributed by atoms with Crippen LogP contribution in [0.5, 0.6) is 11.5 Å². The van der Waals surface area contributed by atoms with Crippen molar-refractivity contribution in [1.29, 1.82) is 0 Å². The van der Waals surface area contributed by atoms with Crippen LogP contribution in [0.15, 0.2) is 42.5 Å². The summed E-state index contributed by atoms with van der Waals surface area (Å²) in [7, 11) is 6.90. The fraction of sp³-hybridized carbons (Fsp3) is 0.300. The molecule has 2 rings (SSSR count). The molecule has 0 heterocycles. The van der Waals surface area contributed by atoms with E-state index in [4.69, 9.17) is 9.47 Å². The molecule has 7 heteroatoms. The number of hydrogen-bond acceptors (Lipinski definition) is 5. The topological polar surface area (TPSA) is 79.9 Å². The lowest BCUT2D eigenvalue weighted by molar-refractivity contribution is 0.0952. The number of methoxy groups -OCH3 is 2. The van der Waals surface area contributed by atoms with Crippen LogP contribution in [0.4, 0.5) is 5.69 Å². The van der Waals surface area contributed by atoms with Gasteiger partial charge in [0, 0.05) is 24.7 Å². The molecule has 0 atom stereocenters. The maximum absolute atomic E-state index is 12.7. The van der Waals surface area contributed by atoms with Crippen molar-refractivity contribution in [2.24, 2.45) is 0 Å². The number of rotatable bonds is 8. The van der Waals surface area contributed by atoms with Gasteiger partial charge in [0.2, 0.25) is 0 Å². The van der Waals surface area contributed by atoms with Crippen LogP contribution in [0.2, 0.25) is 0 Å². The maximum Gasteiger partial charge on any atom is 0.255 e. The number of benzene rings is 2. The van der Waals surface area contributed by atoms with Crippen molar-refractivity contribution in [1.82, 2.24) is 10.2 Å². The molecule has 2 amide bonds. The number of carbonyl (C=O) groups is 2. The number of carbonyl (C=O) groups excluding carboxylic acids is 2. The van der Waals surface area contributed by atoms with Gasteiger partial charge >= 0.3 is 0 Å². The molecule has 0 fully saturated rings. The first kappa shape index (κ1) is 20.3. The monoisotopic (exact) mass is 371 g/mol. The minimum Gasteiger partial charge on any atom is -0.497 e. The van der Waals surface area contributed by atoms with Gasteiger partial charge in [0.1, 0.15) is 11.5 Å². The van der Waals surface area contributed by atoms with Crippen LogP contribution in [0.25, 0.3) is 0 Å². The highest BCUT2D eigenvalue weighted by molar-refractivity contribution is 6.09. The smallest absolute Gasteiger partial charge is 0.255 e. The molecule has 0 aromatic heterocycles. The lowest BCUT2D eigenvalue weighted by Gasteiger charge is -2.14. The maximum atomic E-state index is 12.7. The normalized spacial score (nSPS) is 10.4. The Morgan fingerprint density at radius 3 is 2.19 bits per heavy atom.